The van der Waals surface area contributed by atoms with Gasteiger partial charge in [-0.15, -0.1) is 0 Å². The number of hydrogen-bond acceptors (Lipinski definition) is 4. The SMILES string of the molecule is Cc1cc(C2CC2)c(CN2CCC3(CC(C#N)C3)CC2c2ccc(C(=O)NCC3COC3)cc2)c2cc[nH]c12. The van der Waals surface area contributed by atoms with Gasteiger partial charge in [0.05, 0.1) is 19.3 Å². The largest absolute Gasteiger partial charge is 0.381 e. The van der Waals surface area contributed by atoms with Crippen LogP contribution in [-0.2, 0) is 11.3 Å². The Morgan fingerprint density at radius 2 is 1.97 bits per heavy atom. The summed E-state index contributed by atoms with van der Waals surface area (Å²) < 4.78 is 5.23. The third-order valence-corrected chi connectivity index (χ3v) is 9.92. The van der Waals surface area contributed by atoms with Crippen molar-refractivity contribution in [3.63, 3.8) is 0 Å². The number of aromatic amines is 1. The van der Waals surface area contributed by atoms with E-state index in [1.54, 1.807) is 0 Å². The maximum atomic E-state index is 12.7. The number of carbonyl (C=O) groups is 1. The molecule has 2 aliphatic heterocycles. The molecule has 2 aromatic carbocycles. The predicted molar refractivity (Wildman–Crippen MR) is 151 cm³/mol. The average molecular weight is 523 g/mol. The molecule has 4 aliphatic rings. The summed E-state index contributed by atoms with van der Waals surface area (Å²) in [7, 11) is 0. The Labute approximate surface area is 230 Å². The number of likely N-dealkylation sites (tertiary alicyclic amines) is 1. The molecular formula is C33H38N4O2. The minimum atomic E-state index is -0.00939. The lowest BCUT2D eigenvalue weighted by Gasteiger charge is -2.53. The Morgan fingerprint density at radius 3 is 2.67 bits per heavy atom. The van der Waals surface area contributed by atoms with Crippen LogP contribution in [0.25, 0.3) is 10.9 Å². The normalized spacial score (nSPS) is 27.2. The van der Waals surface area contributed by atoms with E-state index < -0.39 is 0 Å². The molecule has 2 saturated carbocycles. The van der Waals surface area contributed by atoms with Gasteiger partial charge >= 0.3 is 0 Å². The molecule has 2 N–H and O–H groups in total. The van der Waals surface area contributed by atoms with Gasteiger partial charge in [0.15, 0.2) is 0 Å². The van der Waals surface area contributed by atoms with Crippen molar-refractivity contribution in [2.45, 2.75) is 64.0 Å². The summed E-state index contributed by atoms with van der Waals surface area (Å²) in [6, 6.07) is 15.8. The highest BCUT2D eigenvalue weighted by Gasteiger charge is 2.49. The number of nitrogens with one attached hydrogen (secondary N) is 2. The van der Waals surface area contributed by atoms with Crippen molar-refractivity contribution in [1.29, 1.82) is 5.26 Å². The van der Waals surface area contributed by atoms with Crippen LogP contribution >= 0.6 is 0 Å². The molecule has 1 spiro atoms. The minimum absolute atomic E-state index is 0.00939. The summed E-state index contributed by atoms with van der Waals surface area (Å²) in [5, 5.41) is 13.9. The molecule has 0 radical (unpaired) electrons. The number of rotatable bonds is 7. The van der Waals surface area contributed by atoms with Crippen molar-refractivity contribution < 1.29 is 9.53 Å². The molecule has 39 heavy (non-hydrogen) atoms. The summed E-state index contributed by atoms with van der Waals surface area (Å²) in [6.45, 7) is 6.36. The molecule has 1 unspecified atom stereocenters. The number of carbonyl (C=O) groups excluding carboxylic acids is 1. The predicted octanol–water partition coefficient (Wildman–Crippen LogP) is 5.99. The molecule has 2 saturated heterocycles. The zero-order valence-electron chi connectivity index (χ0n) is 22.8. The van der Waals surface area contributed by atoms with E-state index in [1.807, 2.05) is 12.1 Å². The Bertz CT molecular complexity index is 1420. The fourth-order valence-electron chi connectivity index (χ4n) is 7.37. The van der Waals surface area contributed by atoms with Crippen LogP contribution in [0.5, 0.6) is 0 Å². The number of benzene rings is 2. The van der Waals surface area contributed by atoms with E-state index in [-0.39, 0.29) is 23.3 Å². The summed E-state index contributed by atoms with van der Waals surface area (Å²) in [5.74, 6) is 1.33. The van der Waals surface area contributed by atoms with E-state index in [4.69, 9.17) is 4.74 Å². The molecule has 202 valence electrons. The smallest absolute Gasteiger partial charge is 0.251 e. The quantitative estimate of drug-likeness (QED) is 0.400. The molecule has 7 rings (SSSR count). The number of ether oxygens (including phenoxy) is 1. The van der Waals surface area contributed by atoms with E-state index in [1.165, 1.54) is 46.0 Å². The van der Waals surface area contributed by atoms with E-state index >= 15 is 0 Å². The minimum Gasteiger partial charge on any atom is -0.381 e. The molecule has 1 amide bonds. The van der Waals surface area contributed by atoms with Crippen molar-refractivity contribution in [3.8, 4) is 6.07 Å². The lowest BCUT2D eigenvalue weighted by Crippen LogP contribution is -2.48. The molecule has 3 aromatic rings. The van der Waals surface area contributed by atoms with Crippen molar-refractivity contribution in [2.75, 3.05) is 26.3 Å². The van der Waals surface area contributed by atoms with Gasteiger partial charge in [-0.3, -0.25) is 9.69 Å². The lowest BCUT2D eigenvalue weighted by atomic mass is 9.56. The van der Waals surface area contributed by atoms with Gasteiger partial charge in [-0.05, 0) is 104 Å². The van der Waals surface area contributed by atoms with Crippen LogP contribution in [0.2, 0.25) is 0 Å². The van der Waals surface area contributed by atoms with E-state index in [0.29, 0.717) is 23.9 Å². The number of nitrogens with zero attached hydrogens (tertiary/aromatic N) is 2. The summed E-state index contributed by atoms with van der Waals surface area (Å²) in [5.41, 5.74) is 7.90. The third kappa shape index (κ3) is 4.66. The van der Waals surface area contributed by atoms with Gasteiger partial charge in [-0.25, -0.2) is 0 Å². The van der Waals surface area contributed by atoms with Gasteiger partial charge in [-0.1, -0.05) is 18.2 Å². The Balaban J connectivity index is 1.16. The zero-order valence-corrected chi connectivity index (χ0v) is 22.8. The van der Waals surface area contributed by atoms with E-state index in [2.05, 4.69) is 58.7 Å². The second-order valence-corrected chi connectivity index (χ2v) is 12.7. The molecule has 1 aromatic heterocycles. The molecular weight excluding hydrogens is 484 g/mol. The first-order valence-corrected chi connectivity index (χ1v) is 14.7. The monoisotopic (exact) mass is 522 g/mol. The molecule has 0 bridgehead atoms. The van der Waals surface area contributed by atoms with Crippen LogP contribution in [0, 0.1) is 35.5 Å². The molecule has 6 nitrogen and oxygen atoms in total. The topological polar surface area (TPSA) is 81.2 Å². The molecule has 4 fully saturated rings. The van der Waals surface area contributed by atoms with Crippen LogP contribution in [0.3, 0.4) is 0 Å². The zero-order chi connectivity index (χ0) is 26.6. The molecule has 2 aliphatic carbocycles. The Hall–Kier alpha value is -3.14. The first kappa shape index (κ1) is 24.9. The first-order chi connectivity index (χ1) is 19.0. The molecule has 6 heteroatoms. The van der Waals surface area contributed by atoms with Crippen LogP contribution < -0.4 is 5.32 Å². The fourth-order valence-corrected chi connectivity index (χ4v) is 7.37. The van der Waals surface area contributed by atoms with Gasteiger partial charge in [0.1, 0.15) is 0 Å². The summed E-state index contributed by atoms with van der Waals surface area (Å²) in [6.07, 6.45) is 8.97. The second kappa shape index (κ2) is 9.80. The summed E-state index contributed by atoms with van der Waals surface area (Å²) in [4.78, 5) is 18.9. The van der Waals surface area contributed by atoms with Crippen molar-refractivity contribution in [3.05, 3.63) is 70.4 Å². The van der Waals surface area contributed by atoms with Gasteiger partial charge in [0.25, 0.3) is 5.91 Å². The fraction of sp³-hybridized carbons (Fsp3) is 0.515. The van der Waals surface area contributed by atoms with Gasteiger partial charge in [0, 0.05) is 53.6 Å². The van der Waals surface area contributed by atoms with Crippen LogP contribution in [0.4, 0.5) is 0 Å². The van der Waals surface area contributed by atoms with Gasteiger partial charge in [-0.2, -0.15) is 5.26 Å². The average Bonchev–Trinajstić information content (AvgIpc) is 3.63. The van der Waals surface area contributed by atoms with Gasteiger partial charge in [0.2, 0.25) is 0 Å². The Kier molecular flexibility index (Phi) is 6.25. The number of amides is 1. The van der Waals surface area contributed by atoms with E-state index in [0.717, 1.165) is 52.0 Å². The number of fused-ring (bicyclic) bond motifs is 1. The standard InChI is InChI=1S/C33H38N4O2/c1-21-12-28(24-2-3-24)29(27-8-10-35-31(21)27)18-37-11-9-33(13-22(14-33)16-34)15-30(37)25-4-6-26(7-5-25)32(38)36-17-23-19-39-20-23/h4-8,10,12,22-24,30,35H,2-3,9,11,13-15,17-20H2,1H3,(H,36,38). The highest BCUT2D eigenvalue weighted by Crippen LogP contribution is 2.57. The first-order valence-electron chi connectivity index (χ1n) is 14.7. The van der Waals surface area contributed by atoms with Crippen LogP contribution in [-0.4, -0.2) is 42.1 Å². The van der Waals surface area contributed by atoms with Crippen LogP contribution in [0.1, 0.15) is 83.1 Å². The summed E-state index contributed by atoms with van der Waals surface area (Å²) >= 11 is 0. The number of H-pyrrole nitrogens is 1. The molecule has 1 atom stereocenters. The van der Waals surface area contributed by atoms with Crippen molar-refractivity contribution in [2.24, 2.45) is 17.3 Å². The number of hydrogen-bond donors (Lipinski definition) is 2. The second-order valence-electron chi connectivity index (χ2n) is 12.7. The third-order valence-electron chi connectivity index (χ3n) is 9.92. The lowest BCUT2D eigenvalue weighted by molar-refractivity contribution is -0.0300. The maximum Gasteiger partial charge on any atom is 0.251 e. The maximum absolute atomic E-state index is 12.7. The van der Waals surface area contributed by atoms with Crippen molar-refractivity contribution >= 4 is 16.8 Å². The number of aromatic nitrogens is 1. The van der Waals surface area contributed by atoms with Gasteiger partial charge < -0.3 is 15.0 Å². The number of piperidine rings is 1. The number of nitriles is 1. The van der Waals surface area contributed by atoms with Crippen molar-refractivity contribution in [1.82, 2.24) is 15.2 Å². The molecule has 3 heterocycles. The van der Waals surface area contributed by atoms with E-state index in [9.17, 15) is 10.1 Å². The highest BCUT2D eigenvalue weighted by molar-refractivity contribution is 5.94. The van der Waals surface area contributed by atoms with Crippen LogP contribution in [0.15, 0.2) is 42.6 Å². The Morgan fingerprint density at radius 1 is 1.18 bits per heavy atom. The highest BCUT2D eigenvalue weighted by atomic mass is 16.5. The number of aryl methyl sites for hydroxylation is 1.